The highest BCUT2D eigenvalue weighted by molar-refractivity contribution is 7.09. The molecule has 4 nitrogen and oxygen atoms in total. The fourth-order valence-electron chi connectivity index (χ4n) is 1.79. The maximum absolute atomic E-state index is 11.7. The average Bonchev–Trinajstić information content (AvgIpc) is 2.82. The standard InChI is InChI=1S/C15H18N2O2S/c1-11-4-3-5-13(8-11)19-9-15(18)16-7-6-14-12(2)17-10-20-14/h3-5,8,10H,6-7,9H2,1-2H3,(H,16,18). The first kappa shape index (κ1) is 14.5. The molecule has 1 aromatic heterocycles. The van der Waals surface area contributed by atoms with Gasteiger partial charge in [-0.15, -0.1) is 11.3 Å². The summed E-state index contributed by atoms with van der Waals surface area (Å²) in [6.45, 7) is 4.63. The van der Waals surface area contributed by atoms with Crippen LogP contribution in [-0.2, 0) is 11.2 Å². The Labute approximate surface area is 122 Å². The summed E-state index contributed by atoms with van der Waals surface area (Å²) in [6.07, 6.45) is 0.812. The van der Waals surface area contributed by atoms with Crippen LogP contribution in [0.4, 0.5) is 0 Å². The van der Waals surface area contributed by atoms with E-state index in [1.807, 2.05) is 43.6 Å². The van der Waals surface area contributed by atoms with Gasteiger partial charge in [0.15, 0.2) is 6.61 Å². The van der Waals surface area contributed by atoms with Crippen LogP contribution in [0.2, 0.25) is 0 Å². The average molecular weight is 290 g/mol. The third-order valence-electron chi connectivity index (χ3n) is 2.88. The van der Waals surface area contributed by atoms with Crippen molar-refractivity contribution in [2.24, 2.45) is 0 Å². The van der Waals surface area contributed by atoms with E-state index in [9.17, 15) is 4.79 Å². The molecule has 0 fully saturated rings. The molecule has 0 bridgehead atoms. The third kappa shape index (κ3) is 4.35. The zero-order valence-electron chi connectivity index (χ0n) is 11.7. The minimum absolute atomic E-state index is 0.0468. The Hall–Kier alpha value is -1.88. The summed E-state index contributed by atoms with van der Waals surface area (Å²) in [6, 6.07) is 7.66. The number of amides is 1. The van der Waals surface area contributed by atoms with E-state index in [0.717, 1.165) is 23.4 Å². The monoisotopic (exact) mass is 290 g/mol. The lowest BCUT2D eigenvalue weighted by molar-refractivity contribution is -0.123. The summed E-state index contributed by atoms with van der Waals surface area (Å²) in [5.41, 5.74) is 3.98. The number of aromatic nitrogens is 1. The number of thiazole rings is 1. The molecule has 0 unspecified atom stereocenters. The summed E-state index contributed by atoms with van der Waals surface area (Å²) in [5, 5.41) is 2.85. The van der Waals surface area contributed by atoms with Crippen LogP contribution in [-0.4, -0.2) is 24.0 Å². The van der Waals surface area contributed by atoms with Gasteiger partial charge in [0.1, 0.15) is 5.75 Å². The second-order valence-electron chi connectivity index (χ2n) is 4.57. The van der Waals surface area contributed by atoms with Gasteiger partial charge in [0.2, 0.25) is 0 Å². The molecule has 0 radical (unpaired) electrons. The Morgan fingerprint density at radius 3 is 2.95 bits per heavy atom. The van der Waals surface area contributed by atoms with Gasteiger partial charge in [0, 0.05) is 17.8 Å². The molecule has 1 N–H and O–H groups in total. The minimum atomic E-state index is -0.103. The van der Waals surface area contributed by atoms with E-state index in [1.54, 1.807) is 11.3 Å². The van der Waals surface area contributed by atoms with E-state index in [1.165, 1.54) is 4.88 Å². The van der Waals surface area contributed by atoms with E-state index in [0.29, 0.717) is 6.54 Å². The van der Waals surface area contributed by atoms with Gasteiger partial charge in [0.25, 0.3) is 5.91 Å². The smallest absolute Gasteiger partial charge is 0.257 e. The fourth-order valence-corrected chi connectivity index (χ4v) is 2.57. The van der Waals surface area contributed by atoms with Gasteiger partial charge < -0.3 is 10.1 Å². The van der Waals surface area contributed by atoms with Crippen LogP contribution in [0.25, 0.3) is 0 Å². The molecule has 20 heavy (non-hydrogen) atoms. The lowest BCUT2D eigenvalue weighted by atomic mass is 10.2. The lowest BCUT2D eigenvalue weighted by Crippen LogP contribution is -2.30. The SMILES string of the molecule is Cc1cccc(OCC(=O)NCCc2scnc2C)c1. The van der Waals surface area contributed by atoms with Gasteiger partial charge in [-0.25, -0.2) is 4.98 Å². The summed E-state index contributed by atoms with van der Waals surface area (Å²) in [7, 11) is 0. The molecule has 2 aromatic rings. The Bertz CT molecular complexity index is 581. The van der Waals surface area contributed by atoms with Crippen molar-refractivity contribution in [2.75, 3.05) is 13.2 Å². The van der Waals surface area contributed by atoms with Crippen molar-refractivity contribution in [3.05, 3.63) is 45.9 Å². The van der Waals surface area contributed by atoms with Crippen molar-refractivity contribution in [1.29, 1.82) is 0 Å². The summed E-state index contributed by atoms with van der Waals surface area (Å²) >= 11 is 1.62. The van der Waals surface area contributed by atoms with E-state index in [-0.39, 0.29) is 12.5 Å². The van der Waals surface area contributed by atoms with Crippen LogP contribution >= 0.6 is 11.3 Å². The van der Waals surface area contributed by atoms with Crippen molar-refractivity contribution < 1.29 is 9.53 Å². The number of nitrogens with zero attached hydrogens (tertiary/aromatic N) is 1. The van der Waals surface area contributed by atoms with Gasteiger partial charge in [-0.2, -0.15) is 0 Å². The van der Waals surface area contributed by atoms with E-state index >= 15 is 0 Å². The van der Waals surface area contributed by atoms with Crippen LogP contribution in [0.3, 0.4) is 0 Å². The van der Waals surface area contributed by atoms with Gasteiger partial charge >= 0.3 is 0 Å². The van der Waals surface area contributed by atoms with Crippen molar-refractivity contribution >= 4 is 17.2 Å². The quantitative estimate of drug-likeness (QED) is 0.889. The van der Waals surface area contributed by atoms with E-state index < -0.39 is 0 Å². The maximum atomic E-state index is 11.7. The molecule has 1 amide bonds. The zero-order valence-corrected chi connectivity index (χ0v) is 12.5. The second kappa shape index (κ2) is 7.05. The number of rotatable bonds is 6. The van der Waals surface area contributed by atoms with Crippen LogP contribution in [0.5, 0.6) is 5.75 Å². The van der Waals surface area contributed by atoms with Crippen LogP contribution in [0.1, 0.15) is 16.1 Å². The van der Waals surface area contributed by atoms with Crippen molar-refractivity contribution in [2.45, 2.75) is 20.3 Å². The summed E-state index contributed by atoms with van der Waals surface area (Å²) in [5.74, 6) is 0.618. The highest BCUT2D eigenvalue weighted by Crippen LogP contribution is 2.13. The molecule has 1 heterocycles. The Morgan fingerprint density at radius 1 is 1.40 bits per heavy atom. The molecular weight excluding hydrogens is 272 g/mol. The molecule has 2 rings (SSSR count). The Balaban J connectivity index is 1.69. The molecule has 0 spiro atoms. The largest absolute Gasteiger partial charge is 0.484 e. The van der Waals surface area contributed by atoms with Gasteiger partial charge in [-0.1, -0.05) is 12.1 Å². The number of nitrogens with one attached hydrogen (secondary N) is 1. The van der Waals surface area contributed by atoms with Crippen LogP contribution in [0.15, 0.2) is 29.8 Å². The van der Waals surface area contributed by atoms with Gasteiger partial charge in [-0.05, 0) is 31.5 Å². The summed E-state index contributed by atoms with van der Waals surface area (Å²) in [4.78, 5) is 17.1. The first-order chi connectivity index (χ1) is 9.65. The minimum Gasteiger partial charge on any atom is -0.484 e. The van der Waals surface area contributed by atoms with E-state index in [4.69, 9.17) is 4.74 Å². The maximum Gasteiger partial charge on any atom is 0.257 e. The highest BCUT2D eigenvalue weighted by atomic mass is 32.1. The highest BCUT2D eigenvalue weighted by Gasteiger charge is 2.05. The first-order valence-corrected chi connectivity index (χ1v) is 7.38. The predicted molar refractivity (Wildman–Crippen MR) is 80.2 cm³/mol. The topological polar surface area (TPSA) is 51.2 Å². The number of hydrogen-bond donors (Lipinski definition) is 1. The molecular formula is C15H18N2O2S. The summed E-state index contributed by atoms with van der Waals surface area (Å²) < 4.78 is 5.44. The first-order valence-electron chi connectivity index (χ1n) is 6.50. The number of carbonyl (C=O) groups excluding carboxylic acids is 1. The molecule has 0 atom stereocenters. The normalized spacial score (nSPS) is 10.3. The fraction of sp³-hybridized carbons (Fsp3) is 0.333. The second-order valence-corrected chi connectivity index (χ2v) is 5.51. The van der Waals surface area contributed by atoms with Crippen molar-refractivity contribution in [3.8, 4) is 5.75 Å². The molecule has 5 heteroatoms. The van der Waals surface area contributed by atoms with Crippen LogP contribution < -0.4 is 10.1 Å². The van der Waals surface area contributed by atoms with Crippen LogP contribution in [0, 0.1) is 13.8 Å². The number of hydrogen-bond acceptors (Lipinski definition) is 4. The number of carbonyl (C=O) groups is 1. The molecule has 0 aliphatic carbocycles. The molecule has 0 saturated carbocycles. The predicted octanol–water partition coefficient (Wildman–Crippen LogP) is 2.50. The molecule has 0 aliphatic heterocycles. The van der Waals surface area contributed by atoms with Gasteiger partial charge in [-0.3, -0.25) is 4.79 Å². The van der Waals surface area contributed by atoms with Gasteiger partial charge in [0.05, 0.1) is 11.2 Å². The molecule has 106 valence electrons. The van der Waals surface area contributed by atoms with Crippen molar-refractivity contribution in [1.82, 2.24) is 10.3 Å². The lowest BCUT2D eigenvalue weighted by Gasteiger charge is -2.07. The Kier molecular flexibility index (Phi) is 5.12. The number of ether oxygens (including phenoxy) is 1. The van der Waals surface area contributed by atoms with Crippen molar-refractivity contribution in [3.63, 3.8) is 0 Å². The zero-order chi connectivity index (χ0) is 14.4. The Morgan fingerprint density at radius 2 is 2.25 bits per heavy atom. The molecule has 0 saturated heterocycles. The number of aryl methyl sites for hydroxylation is 2. The third-order valence-corrected chi connectivity index (χ3v) is 3.87. The van der Waals surface area contributed by atoms with E-state index in [2.05, 4.69) is 10.3 Å². The number of benzene rings is 1. The molecule has 0 aliphatic rings. The molecule has 1 aromatic carbocycles.